The molecule has 1 atom stereocenters. The number of aliphatic hydroxyl groups is 1. The van der Waals surface area contributed by atoms with Crippen LogP contribution in [-0.4, -0.2) is 53.0 Å². The summed E-state index contributed by atoms with van der Waals surface area (Å²) in [5.41, 5.74) is 4.51. The van der Waals surface area contributed by atoms with Crippen LogP contribution in [-0.2, 0) is 9.53 Å². The Morgan fingerprint density at radius 2 is 1.63 bits per heavy atom. The molecule has 6 nitrogen and oxygen atoms in total. The quantitative estimate of drug-likeness (QED) is 0.469. The van der Waals surface area contributed by atoms with E-state index in [9.17, 15) is 14.7 Å². The van der Waals surface area contributed by atoms with Gasteiger partial charge in [-0.05, 0) is 40.8 Å². The third-order valence-corrected chi connectivity index (χ3v) is 6.31. The molecule has 7 heteroatoms. The van der Waals surface area contributed by atoms with E-state index in [-0.39, 0.29) is 24.9 Å². The van der Waals surface area contributed by atoms with Crippen molar-refractivity contribution in [3.63, 3.8) is 0 Å². The normalized spacial score (nSPS) is 13.4. The number of nitrogens with one attached hydrogen (secondary N) is 1. The van der Waals surface area contributed by atoms with Crippen LogP contribution in [0.15, 0.2) is 48.5 Å². The number of alkyl carbamates (subject to hydrolysis) is 1. The van der Waals surface area contributed by atoms with Gasteiger partial charge in [-0.1, -0.05) is 55.0 Å². The second kappa shape index (κ2) is 11.0. The zero-order valence-corrected chi connectivity index (χ0v) is 17.6. The average molecular weight is 430 g/mol. The summed E-state index contributed by atoms with van der Waals surface area (Å²) in [5, 5.41) is 20.6. The summed E-state index contributed by atoms with van der Waals surface area (Å²) >= 11 is 1.47. The lowest BCUT2D eigenvalue weighted by Gasteiger charge is -2.17. The number of amides is 1. The Morgan fingerprint density at radius 1 is 1.00 bits per heavy atom. The van der Waals surface area contributed by atoms with E-state index in [2.05, 4.69) is 17.4 Å². The Labute approximate surface area is 180 Å². The van der Waals surface area contributed by atoms with Gasteiger partial charge in [0.05, 0.1) is 0 Å². The van der Waals surface area contributed by atoms with E-state index >= 15 is 0 Å². The van der Waals surface area contributed by atoms with Crippen LogP contribution in [0.4, 0.5) is 4.79 Å². The van der Waals surface area contributed by atoms with Crippen molar-refractivity contribution in [2.75, 3.05) is 24.7 Å². The fraction of sp³-hybridized carbons (Fsp3) is 0.391. The van der Waals surface area contributed by atoms with Gasteiger partial charge in [-0.15, -0.1) is 0 Å². The SMILES string of the molecule is O=C(N[C@@H](CSCCCCCO)C(=O)O)OCC1c2ccccc2-c2ccccc21. The zero-order valence-electron chi connectivity index (χ0n) is 16.8. The third kappa shape index (κ3) is 5.55. The van der Waals surface area contributed by atoms with Crippen molar-refractivity contribution in [2.45, 2.75) is 31.2 Å². The number of rotatable bonds is 11. The second-order valence-corrected chi connectivity index (χ2v) is 8.37. The molecule has 0 fully saturated rings. The van der Waals surface area contributed by atoms with Crippen LogP contribution in [0.2, 0.25) is 0 Å². The van der Waals surface area contributed by atoms with E-state index in [0.29, 0.717) is 0 Å². The molecular formula is C23H27NO5S. The fourth-order valence-electron chi connectivity index (χ4n) is 3.65. The molecule has 1 aliphatic rings. The van der Waals surface area contributed by atoms with Crippen LogP contribution >= 0.6 is 11.8 Å². The second-order valence-electron chi connectivity index (χ2n) is 7.22. The number of carboxylic acid groups (broad SMARTS) is 1. The summed E-state index contributed by atoms with van der Waals surface area (Å²) < 4.78 is 5.43. The first kappa shape index (κ1) is 22.2. The summed E-state index contributed by atoms with van der Waals surface area (Å²) in [7, 11) is 0. The van der Waals surface area contributed by atoms with E-state index in [1.807, 2.05) is 36.4 Å². The van der Waals surface area contributed by atoms with Gasteiger partial charge < -0.3 is 20.3 Å². The number of unbranched alkanes of at least 4 members (excludes halogenated alkanes) is 2. The predicted octanol–water partition coefficient (Wildman–Crippen LogP) is 3.87. The summed E-state index contributed by atoms with van der Waals surface area (Å²) in [6, 6.07) is 15.1. The number of ether oxygens (including phenoxy) is 1. The number of carboxylic acids is 1. The standard InChI is InChI=1S/C23H27NO5S/c25-12-6-1-7-13-30-15-21(22(26)27)24-23(28)29-14-20-18-10-4-2-8-16(18)17-9-3-5-11-19(17)20/h2-5,8-11,20-21,25H,1,6-7,12-15H2,(H,24,28)(H,26,27)/t21-/m0/s1. The smallest absolute Gasteiger partial charge is 0.407 e. The van der Waals surface area contributed by atoms with Gasteiger partial charge in [0.25, 0.3) is 0 Å². The lowest BCUT2D eigenvalue weighted by molar-refractivity contribution is -0.138. The summed E-state index contributed by atoms with van der Waals surface area (Å²) in [5.74, 6) is -0.0758. The molecule has 30 heavy (non-hydrogen) atoms. The number of hydrogen-bond acceptors (Lipinski definition) is 5. The van der Waals surface area contributed by atoms with Gasteiger partial charge in [-0.3, -0.25) is 0 Å². The first-order chi connectivity index (χ1) is 14.6. The monoisotopic (exact) mass is 429 g/mol. The van der Waals surface area contributed by atoms with E-state index < -0.39 is 18.1 Å². The van der Waals surface area contributed by atoms with Crippen LogP contribution < -0.4 is 5.32 Å². The predicted molar refractivity (Wildman–Crippen MR) is 118 cm³/mol. The van der Waals surface area contributed by atoms with E-state index in [0.717, 1.165) is 47.3 Å². The van der Waals surface area contributed by atoms with Crippen molar-refractivity contribution in [1.82, 2.24) is 5.32 Å². The van der Waals surface area contributed by atoms with Gasteiger partial charge in [0.2, 0.25) is 0 Å². The highest BCUT2D eigenvalue weighted by Crippen LogP contribution is 2.44. The molecule has 3 N–H and O–H groups in total. The molecule has 0 heterocycles. The molecule has 0 spiro atoms. The Balaban J connectivity index is 1.53. The van der Waals surface area contributed by atoms with Crippen LogP contribution in [0.5, 0.6) is 0 Å². The van der Waals surface area contributed by atoms with Crippen molar-refractivity contribution in [3.05, 3.63) is 59.7 Å². The van der Waals surface area contributed by atoms with Crippen LogP contribution in [0.25, 0.3) is 11.1 Å². The van der Waals surface area contributed by atoms with Gasteiger partial charge in [0.15, 0.2) is 0 Å². The maximum absolute atomic E-state index is 12.3. The number of carbonyl (C=O) groups excluding carboxylic acids is 1. The molecule has 0 saturated carbocycles. The van der Waals surface area contributed by atoms with E-state index in [1.54, 1.807) is 0 Å². The number of aliphatic hydroxyl groups excluding tert-OH is 1. The molecule has 1 aliphatic carbocycles. The van der Waals surface area contributed by atoms with Crippen LogP contribution in [0.1, 0.15) is 36.3 Å². The van der Waals surface area contributed by atoms with Gasteiger partial charge in [0.1, 0.15) is 12.6 Å². The molecule has 3 rings (SSSR count). The largest absolute Gasteiger partial charge is 0.480 e. The summed E-state index contributed by atoms with van der Waals surface area (Å²) in [4.78, 5) is 23.8. The highest BCUT2D eigenvalue weighted by molar-refractivity contribution is 7.99. The number of carbonyl (C=O) groups is 2. The third-order valence-electron chi connectivity index (χ3n) is 5.17. The topological polar surface area (TPSA) is 95.9 Å². The Morgan fingerprint density at radius 3 is 2.23 bits per heavy atom. The van der Waals surface area contributed by atoms with Gasteiger partial charge >= 0.3 is 12.1 Å². The molecule has 160 valence electrons. The van der Waals surface area contributed by atoms with Crippen LogP contribution in [0, 0.1) is 0 Å². The van der Waals surface area contributed by atoms with Crippen LogP contribution in [0.3, 0.4) is 0 Å². The number of benzene rings is 2. The molecule has 2 aromatic carbocycles. The Kier molecular flexibility index (Phi) is 8.16. The molecule has 1 amide bonds. The Hall–Kier alpha value is -2.51. The minimum absolute atomic E-state index is 0.0627. The number of hydrogen-bond donors (Lipinski definition) is 3. The van der Waals surface area contributed by atoms with Crippen molar-refractivity contribution < 1.29 is 24.5 Å². The molecule has 2 aromatic rings. The number of aliphatic carboxylic acids is 1. The molecular weight excluding hydrogens is 402 g/mol. The first-order valence-electron chi connectivity index (χ1n) is 10.1. The minimum atomic E-state index is -1.08. The van der Waals surface area contributed by atoms with Crippen molar-refractivity contribution in [2.24, 2.45) is 0 Å². The van der Waals surface area contributed by atoms with Crippen molar-refractivity contribution in [3.8, 4) is 11.1 Å². The average Bonchev–Trinajstić information content (AvgIpc) is 3.07. The lowest BCUT2D eigenvalue weighted by atomic mass is 9.98. The van der Waals surface area contributed by atoms with E-state index in [1.165, 1.54) is 11.8 Å². The van der Waals surface area contributed by atoms with Crippen molar-refractivity contribution >= 4 is 23.8 Å². The fourth-order valence-corrected chi connectivity index (χ4v) is 4.69. The van der Waals surface area contributed by atoms with Gasteiger partial charge in [-0.25, -0.2) is 9.59 Å². The highest BCUT2D eigenvalue weighted by atomic mass is 32.2. The van der Waals surface area contributed by atoms with Gasteiger partial charge in [0, 0.05) is 18.3 Å². The zero-order chi connectivity index (χ0) is 21.3. The van der Waals surface area contributed by atoms with Crippen molar-refractivity contribution in [1.29, 1.82) is 0 Å². The molecule has 0 radical (unpaired) electrons. The molecule has 0 aliphatic heterocycles. The highest BCUT2D eigenvalue weighted by Gasteiger charge is 2.29. The Bertz CT molecular complexity index is 827. The summed E-state index contributed by atoms with van der Waals surface area (Å²) in [6.07, 6.45) is 1.84. The summed E-state index contributed by atoms with van der Waals surface area (Å²) in [6.45, 7) is 0.326. The molecule has 0 unspecified atom stereocenters. The lowest BCUT2D eigenvalue weighted by Crippen LogP contribution is -2.43. The molecule has 0 bridgehead atoms. The minimum Gasteiger partial charge on any atom is -0.480 e. The number of fused-ring (bicyclic) bond motifs is 3. The maximum atomic E-state index is 12.3. The number of thioether (sulfide) groups is 1. The maximum Gasteiger partial charge on any atom is 0.407 e. The molecule has 0 aromatic heterocycles. The molecule has 0 saturated heterocycles. The van der Waals surface area contributed by atoms with E-state index in [4.69, 9.17) is 9.84 Å². The van der Waals surface area contributed by atoms with Gasteiger partial charge in [-0.2, -0.15) is 11.8 Å². The first-order valence-corrected chi connectivity index (χ1v) is 11.3.